The lowest BCUT2D eigenvalue weighted by Crippen LogP contribution is -2.63. The van der Waals surface area contributed by atoms with Crippen LogP contribution in [0.15, 0.2) is 6.20 Å². The van der Waals surface area contributed by atoms with Crippen molar-refractivity contribution in [1.82, 2.24) is 40.8 Å². The first-order valence-electron chi connectivity index (χ1n) is 11.0. The maximum atomic E-state index is 13.4. The van der Waals surface area contributed by atoms with Gasteiger partial charge in [0.15, 0.2) is 10.9 Å². The number of anilines is 1. The third-order valence-electron chi connectivity index (χ3n) is 7.39. The number of tetrazole rings is 1. The van der Waals surface area contributed by atoms with Crippen molar-refractivity contribution in [2.45, 2.75) is 71.4 Å². The van der Waals surface area contributed by atoms with Crippen LogP contribution in [0.25, 0.3) is 0 Å². The Hall–Kier alpha value is -2.56. The number of hydrogen-bond donors (Lipinski definition) is 3. The van der Waals surface area contributed by atoms with Gasteiger partial charge in [0.2, 0.25) is 5.91 Å². The lowest BCUT2D eigenvalue weighted by atomic mass is 9.46. The number of amides is 1. The minimum atomic E-state index is -0.419. The summed E-state index contributed by atoms with van der Waals surface area (Å²) in [5, 5.41) is 20.7. The van der Waals surface area contributed by atoms with Gasteiger partial charge >= 0.3 is 0 Å². The van der Waals surface area contributed by atoms with E-state index in [4.69, 9.17) is 12.2 Å². The van der Waals surface area contributed by atoms with Crippen LogP contribution in [0.5, 0.6) is 0 Å². The Morgan fingerprint density at radius 2 is 1.97 bits per heavy atom. The number of carbonyl (C=O) groups is 1. The molecule has 3 N–H and O–H groups in total. The molecular weight excluding hydrogens is 414 g/mol. The van der Waals surface area contributed by atoms with E-state index in [0.717, 1.165) is 50.0 Å². The molecule has 1 amide bonds. The average molecular weight is 444 g/mol. The summed E-state index contributed by atoms with van der Waals surface area (Å²) in [6.45, 7) is 6.66. The molecule has 0 spiro atoms. The minimum Gasteiger partial charge on any atom is -0.329 e. The maximum Gasteiger partial charge on any atom is 0.244 e. The van der Waals surface area contributed by atoms with Crippen LogP contribution < -0.4 is 16.2 Å². The first-order valence-corrected chi connectivity index (χ1v) is 11.4. The van der Waals surface area contributed by atoms with Gasteiger partial charge in [-0.2, -0.15) is 9.90 Å². The van der Waals surface area contributed by atoms with Crippen LogP contribution in [-0.2, 0) is 16.9 Å². The van der Waals surface area contributed by atoms with Gasteiger partial charge in [-0.05, 0) is 88.6 Å². The van der Waals surface area contributed by atoms with E-state index in [1.807, 2.05) is 25.5 Å². The smallest absolute Gasteiger partial charge is 0.244 e. The number of hydrazine groups is 1. The van der Waals surface area contributed by atoms with Crippen LogP contribution in [-0.4, -0.2) is 41.0 Å². The van der Waals surface area contributed by atoms with Gasteiger partial charge in [-0.25, -0.2) is 0 Å². The Bertz CT molecular complexity index is 1010. The maximum absolute atomic E-state index is 13.4. The molecule has 6 rings (SSSR count). The highest BCUT2D eigenvalue weighted by atomic mass is 32.1. The predicted molar refractivity (Wildman–Crippen MR) is 118 cm³/mol. The molecule has 4 aliphatic carbocycles. The van der Waals surface area contributed by atoms with Crippen molar-refractivity contribution in [1.29, 1.82) is 0 Å². The lowest BCUT2D eigenvalue weighted by Gasteiger charge is -2.60. The molecule has 0 radical (unpaired) electrons. The highest BCUT2D eigenvalue weighted by Crippen LogP contribution is 2.63. The van der Waals surface area contributed by atoms with E-state index in [0.29, 0.717) is 22.8 Å². The van der Waals surface area contributed by atoms with E-state index in [1.165, 1.54) is 6.42 Å². The van der Waals surface area contributed by atoms with Gasteiger partial charge in [0.05, 0.1) is 28.5 Å². The highest BCUT2D eigenvalue weighted by molar-refractivity contribution is 7.80. The summed E-state index contributed by atoms with van der Waals surface area (Å²) < 4.78 is 1.89. The topological polar surface area (TPSA) is 115 Å². The Morgan fingerprint density at radius 1 is 1.23 bits per heavy atom. The Labute approximate surface area is 186 Å². The number of aryl methyl sites for hydroxylation is 2. The molecule has 0 aromatic carbocycles. The van der Waals surface area contributed by atoms with E-state index in [9.17, 15) is 4.79 Å². The van der Waals surface area contributed by atoms with Gasteiger partial charge < -0.3 is 5.32 Å². The monoisotopic (exact) mass is 443 g/mol. The lowest BCUT2D eigenvalue weighted by molar-refractivity contribution is -0.158. The zero-order valence-electron chi connectivity index (χ0n) is 18.2. The van der Waals surface area contributed by atoms with E-state index < -0.39 is 5.41 Å². The molecule has 4 saturated carbocycles. The van der Waals surface area contributed by atoms with Crippen LogP contribution in [0.4, 0.5) is 5.69 Å². The van der Waals surface area contributed by atoms with Gasteiger partial charge in [-0.1, -0.05) is 0 Å². The zero-order chi connectivity index (χ0) is 21.8. The second kappa shape index (κ2) is 7.25. The van der Waals surface area contributed by atoms with E-state index in [1.54, 1.807) is 11.0 Å². The van der Waals surface area contributed by atoms with E-state index in [2.05, 4.69) is 36.7 Å². The minimum absolute atomic E-state index is 0.00735. The van der Waals surface area contributed by atoms with Crippen molar-refractivity contribution in [3.63, 3.8) is 0 Å². The van der Waals surface area contributed by atoms with E-state index >= 15 is 0 Å². The van der Waals surface area contributed by atoms with Crippen molar-refractivity contribution in [3.8, 4) is 0 Å². The fourth-order valence-electron chi connectivity index (χ4n) is 6.49. The Balaban J connectivity index is 1.28. The molecule has 2 heterocycles. The van der Waals surface area contributed by atoms with Crippen molar-refractivity contribution >= 4 is 28.9 Å². The van der Waals surface area contributed by atoms with Crippen LogP contribution in [0.3, 0.4) is 0 Å². The molecule has 4 fully saturated rings. The number of thiocarbonyl (C=S) groups is 1. The van der Waals surface area contributed by atoms with Crippen LogP contribution in [0, 0.1) is 31.1 Å². The number of hydrogen-bond acceptors (Lipinski definition) is 6. The fourth-order valence-corrected chi connectivity index (χ4v) is 6.65. The van der Waals surface area contributed by atoms with Crippen molar-refractivity contribution in [2.24, 2.45) is 17.3 Å². The number of rotatable bonds is 4. The molecule has 4 bridgehead atoms. The molecule has 4 atom stereocenters. The number of aromatic nitrogens is 6. The summed E-state index contributed by atoms with van der Waals surface area (Å²) in [7, 11) is 0. The molecule has 4 aliphatic rings. The molecule has 0 saturated heterocycles. The number of nitrogens with zero attached hydrogens (tertiary/aromatic N) is 6. The number of nitrogens with one attached hydrogen (secondary N) is 3. The first kappa shape index (κ1) is 20.3. The second-order valence-corrected chi connectivity index (χ2v) is 9.99. The molecule has 2 unspecified atom stereocenters. The zero-order valence-corrected chi connectivity index (χ0v) is 19.0. The normalized spacial score (nSPS) is 30.9. The largest absolute Gasteiger partial charge is 0.329 e. The second-order valence-electron chi connectivity index (χ2n) is 9.58. The predicted octanol–water partition coefficient (Wildman–Crippen LogP) is 1.82. The third-order valence-corrected chi connectivity index (χ3v) is 7.59. The molecule has 0 aliphatic heterocycles. The molecule has 2 aromatic heterocycles. The van der Waals surface area contributed by atoms with Crippen molar-refractivity contribution < 1.29 is 4.79 Å². The fraction of sp³-hybridized carbons (Fsp3) is 0.700. The first-order chi connectivity index (χ1) is 14.8. The van der Waals surface area contributed by atoms with Gasteiger partial charge in [0.25, 0.3) is 0 Å². The quantitative estimate of drug-likeness (QED) is 0.484. The van der Waals surface area contributed by atoms with Gasteiger partial charge in [-0.15, -0.1) is 10.2 Å². The summed E-state index contributed by atoms with van der Waals surface area (Å²) in [6, 6.07) is 0. The average Bonchev–Trinajstić information content (AvgIpc) is 3.31. The summed E-state index contributed by atoms with van der Waals surface area (Å²) in [5.74, 6) is 1.72. The third kappa shape index (κ3) is 3.38. The molecular formula is C20H29N9OS. The van der Waals surface area contributed by atoms with Gasteiger partial charge in [0, 0.05) is 6.54 Å². The molecule has 2 aromatic rings. The summed E-state index contributed by atoms with van der Waals surface area (Å²) in [6.07, 6.45) is 7.57. The van der Waals surface area contributed by atoms with Crippen LogP contribution >= 0.6 is 12.2 Å². The van der Waals surface area contributed by atoms with Crippen molar-refractivity contribution in [3.05, 3.63) is 17.7 Å². The molecule has 11 heteroatoms. The number of carbonyl (C=O) groups excluding carboxylic acids is 1. The van der Waals surface area contributed by atoms with E-state index in [-0.39, 0.29) is 11.4 Å². The Morgan fingerprint density at radius 3 is 2.58 bits per heavy atom. The summed E-state index contributed by atoms with van der Waals surface area (Å²) >= 11 is 5.40. The van der Waals surface area contributed by atoms with Gasteiger partial charge in [0.1, 0.15) is 0 Å². The van der Waals surface area contributed by atoms with Crippen LogP contribution in [0.2, 0.25) is 0 Å². The summed E-state index contributed by atoms with van der Waals surface area (Å²) in [5.41, 5.74) is 6.99. The molecule has 166 valence electrons. The highest BCUT2D eigenvalue weighted by Gasteiger charge is 2.62. The standard InChI is InChI=1S/C20H29N9OS/c1-4-28-12(2)16(10-21-28)22-18(31)25-24-17(30)19-6-14-5-15(7-19)9-20(8-14,11-19)29-26-13(3)23-27-29/h10,14-15H,4-9,11H2,1-3H3,(H,24,30)(H2,22,25,31)/t14-,15+,19?,20?. The van der Waals surface area contributed by atoms with Gasteiger partial charge in [-0.3, -0.25) is 20.3 Å². The van der Waals surface area contributed by atoms with Crippen molar-refractivity contribution in [2.75, 3.05) is 5.32 Å². The van der Waals surface area contributed by atoms with Crippen LogP contribution in [0.1, 0.15) is 57.0 Å². The summed E-state index contributed by atoms with van der Waals surface area (Å²) in [4.78, 5) is 15.2. The SMILES string of the molecule is CCn1ncc(NC(=S)NNC(=O)C23C[C@H]4C[C@@H](C2)CC(n2nnc(C)n2)(C4)C3)c1C. The molecule has 31 heavy (non-hydrogen) atoms. The molecule has 10 nitrogen and oxygen atoms in total. The Kier molecular flexibility index (Phi) is 4.76.